The predicted octanol–water partition coefficient (Wildman–Crippen LogP) is 0.955. The molecule has 0 fully saturated rings. The minimum Gasteiger partial charge on any atom is -0.481 e. The summed E-state index contributed by atoms with van der Waals surface area (Å²) in [5.74, 6) is -1.84. The van der Waals surface area contributed by atoms with Crippen molar-refractivity contribution in [3.63, 3.8) is 0 Å². The molecule has 1 aliphatic heterocycles. The number of aliphatic carboxylic acids is 1. The Balaban J connectivity index is 2.14. The number of carboxylic acids is 1. The van der Waals surface area contributed by atoms with Crippen LogP contribution in [0.1, 0.15) is 24.3 Å². The molecule has 3 N–H and O–H groups in total. The van der Waals surface area contributed by atoms with Gasteiger partial charge in [-0.2, -0.15) is 0 Å². The van der Waals surface area contributed by atoms with Gasteiger partial charge in [-0.05, 0) is 24.5 Å². The van der Waals surface area contributed by atoms with Crippen LogP contribution in [0.3, 0.4) is 0 Å². The molecular formula is C15H20N2O4. The number of benzene rings is 1. The summed E-state index contributed by atoms with van der Waals surface area (Å²) in [4.78, 5) is 25.3. The molecule has 0 aliphatic carbocycles. The monoisotopic (exact) mass is 292 g/mol. The van der Waals surface area contributed by atoms with Gasteiger partial charge in [0.15, 0.2) is 0 Å². The quantitative estimate of drug-likeness (QED) is 0.762. The number of para-hydroxylation sites is 1. The second-order valence-electron chi connectivity index (χ2n) is 5.14. The first kappa shape index (κ1) is 15.5. The highest BCUT2D eigenvalue weighted by atomic mass is 16.5. The number of amides is 1. The van der Waals surface area contributed by atoms with E-state index in [0.29, 0.717) is 30.7 Å². The summed E-state index contributed by atoms with van der Waals surface area (Å²) < 4.78 is 4.94. The van der Waals surface area contributed by atoms with Gasteiger partial charge in [0.05, 0.1) is 6.04 Å². The smallest absolute Gasteiger partial charge is 0.312 e. The lowest BCUT2D eigenvalue weighted by Gasteiger charge is -2.21. The van der Waals surface area contributed by atoms with Crippen LogP contribution < -0.4 is 10.6 Å². The van der Waals surface area contributed by atoms with E-state index < -0.39 is 17.9 Å². The van der Waals surface area contributed by atoms with Crippen molar-refractivity contribution in [1.29, 1.82) is 0 Å². The lowest BCUT2D eigenvalue weighted by atomic mass is 10.0. The molecule has 1 heterocycles. The van der Waals surface area contributed by atoms with Crippen LogP contribution in [-0.2, 0) is 14.3 Å². The second-order valence-corrected chi connectivity index (χ2v) is 5.14. The molecule has 6 nitrogen and oxygen atoms in total. The van der Waals surface area contributed by atoms with Crippen molar-refractivity contribution >= 4 is 17.6 Å². The molecule has 1 aromatic carbocycles. The number of carboxylic acid groups (broad SMARTS) is 1. The van der Waals surface area contributed by atoms with E-state index in [-0.39, 0.29) is 12.5 Å². The topological polar surface area (TPSA) is 92.9 Å². The average Bonchev–Trinajstić information content (AvgIpc) is 2.86. The van der Waals surface area contributed by atoms with Gasteiger partial charge in [0.1, 0.15) is 5.92 Å². The van der Waals surface area contributed by atoms with E-state index in [9.17, 15) is 14.7 Å². The fraction of sp³-hybridized carbons (Fsp3) is 0.467. The third-order valence-electron chi connectivity index (χ3n) is 3.71. The molecule has 114 valence electrons. The van der Waals surface area contributed by atoms with Crippen molar-refractivity contribution in [3.05, 3.63) is 29.8 Å². The lowest BCUT2D eigenvalue weighted by molar-refractivity contribution is -0.138. The molecule has 1 aliphatic rings. The third kappa shape index (κ3) is 3.22. The Bertz CT molecular complexity index is 532. The van der Waals surface area contributed by atoms with Gasteiger partial charge in [0, 0.05) is 25.9 Å². The number of hydrogen-bond donors (Lipinski definition) is 2. The molecule has 0 bridgehead atoms. The number of methoxy groups -OCH3 is 1. The average molecular weight is 292 g/mol. The van der Waals surface area contributed by atoms with Crippen molar-refractivity contribution in [3.8, 4) is 0 Å². The molecule has 0 radical (unpaired) electrons. The Morgan fingerprint density at radius 3 is 2.86 bits per heavy atom. The van der Waals surface area contributed by atoms with Crippen LogP contribution in [0.4, 0.5) is 5.69 Å². The van der Waals surface area contributed by atoms with Crippen LogP contribution in [0.15, 0.2) is 24.3 Å². The normalized spacial score (nSPS) is 18.4. The van der Waals surface area contributed by atoms with Crippen molar-refractivity contribution in [2.75, 3.05) is 25.2 Å². The number of nitrogens with two attached hydrogens (primary N) is 1. The van der Waals surface area contributed by atoms with Crippen molar-refractivity contribution in [2.45, 2.75) is 24.8 Å². The minimum atomic E-state index is -0.925. The minimum absolute atomic E-state index is 0.144. The zero-order chi connectivity index (χ0) is 15.4. The summed E-state index contributed by atoms with van der Waals surface area (Å²) in [6.07, 6.45) is 1.21. The molecule has 21 heavy (non-hydrogen) atoms. The predicted molar refractivity (Wildman–Crippen MR) is 78.3 cm³/mol. The zero-order valence-corrected chi connectivity index (χ0v) is 12.0. The van der Waals surface area contributed by atoms with Crippen molar-refractivity contribution < 1.29 is 19.4 Å². The van der Waals surface area contributed by atoms with Gasteiger partial charge in [-0.1, -0.05) is 18.2 Å². The van der Waals surface area contributed by atoms with E-state index in [1.54, 1.807) is 31.4 Å². The molecule has 2 atom stereocenters. The van der Waals surface area contributed by atoms with Crippen LogP contribution in [0.2, 0.25) is 0 Å². The fourth-order valence-electron chi connectivity index (χ4n) is 2.60. The highest BCUT2D eigenvalue weighted by Gasteiger charge is 2.37. The fourth-order valence-corrected chi connectivity index (χ4v) is 2.60. The van der Waals surface area contributed by atoms with Gasteiger partial charge in [-0.15, -0.1) is 0 Å². The molecular weight excluding hydrogens is 272 g/mol. The summed E-state index contributed by atoms with van der Waals surface area (Å²) in [6, 6.07) is 6.44. The van der Waals surface area contributed by atoms with Crippen LogP contribution in [0, 0.1) is 0 Å². The SMILES string of the molecule is COCCCC(N)C(=O)N1CC(C(=O)O)c2ccccc21. The van der Waals surface area contributed by atoms with E-state index in [2.05, 4.69) is 0 Å². The van der Waals surface area contributed by atoms with Gasteiger partial charge in [-0.3, -0.25) is 9.59 Å². The van der Waals surface area contributed by atoms with Gasteiger partial charge < -0.3 is 20.5 Å². The van der Waals surface area contributed by atoms with Crippen LogP contribution in [0.25, 0.3) is 0 Å². The molecule has 2 rings (SSSR count). The number of fused-ring (bicyclic) bond motifs is 1. The first-order valence-corrected chi connectivity index (χ1v) is 6.94. The van der Waals surface area contributed by atoms with Gasteiger partial charge >= 0.3 is 5.97 Å². The third-order valence-corrected chi connectivity index (χ3v) is 3.71. The van der Waals surface area contributed by atoms with E-state index in [0.717, 1.165) is 0 Å². The summed E-state index contributed by atoms with van der Waals surface area (Å²) in [7, 11) is 1.60. The summed E-state index contributed by atoms with van der Waals surface area (Å²) in [5.41, 5.74) is 7.24. The molecule has 6 heteroatoms. The molecule has 0 aromatic heterocycles. The molecule has 0 saturated heterocycles. The summed E-state index contributed by atoms with van der Waals surface area (Å²) >= 11 is 0. The molecule has 1 aromatic rings. The maximum absolute atomic E-state index is 12.4. The van der Waals surface area contributed by atoms with Crippen molar-refractivity contribution in [2.24, 2.45) is 5.73 Å². The highest BCUT2D eigenvalue weighted by molar-refractivity contribution is 6.01. The van der Waals surface area contributed by atoms with Gasteiger partial charge in [0.2, 0.25) is 5.91 Å². The van der Waals surface area contributed by atoms with E-state index in [1.165, 1.54) is 4.90 Å². The standard InChI is InChI=1S/C15H20N2O4/c1-21-8-4-6-12(16)14(18)17-9-11(15(19)20)10-5-2-3-7-13(10)17/h2-3,5,7,11-12H,4,6,8-9,16H2,1H3,(H,19,20). The van der Waals surface area contributed by atoms with E-state index >= 15 is 0 Å². The van der Waals surface area contributed by atoms with Gasteiger partial charge in [-0.25, -0.2) is 0 Å². The molecule has 0 saturated carbocycles. The second kappa shape index (κ2) is 6.69. The Morgan fingerprint density at radius 1 is 1.48 bits per heavy atom. The molecule has 2 unspecified atom stereocenters. The van der Waals surface area contributed by atoms with Crippen LogP contribution >= 0.6 is 0 Å². The maximum atomic E-state index is 12.4. The van der Waals surface area contributed by atoms with Gasteiger partial charge in [0.25, 0.3) is 0 Å². The summed E-state index contributed by atoms with van der Waals surface area (Å²) in [6.45, 7) is 0.695. The Hall–Kier alpha value is -1.92. The number of anilines is 1. The number of nitrogens with zero attached hydrogens (tertiary/aromatic N) is 1. The Labute approximate surface area is 123 Å². The highest BCUT2D eigenvalue weighted by Crippen LogP contribution is 2.36. The first-order chi connectivity index (χ1) is 10.1. The number of rotatable bonds is 6. The number of carbonyl (C=O) groups is 2. The van der Waals surface area contributed by atoms with Crippen molar-refractivity contribution in [1.82, 2.24) is 0 Å². The number of ether oxygens (including phenoxy) is 1. The first-order valence-electron chi connectivity index (χ1n) is 6.94. The number of carbonyl (C=O) groups excluding carboxylic acids is 1. The molecule has 1 amide bonds. The lowest BCUT2D eigenvalue weighted by Crippen LogP contribution is -2.43. The van der Waals surface area contributed by atoms with Crippen LogP contribution in [0.5, 0.6) is 0 Å². The van der Waals surface area contributed by atoms with E-state index in [4.69, 9.17) is 10.5 Å². The Kier molecular flexibility index (Phi) is 4.93. The maximum Gasteiger partial charge on any atom is 0.312 e. The zero-order valence-electron chi connectivity index (χ0n) is 12.0. The number of hydrogen-bond acceptors (Lipinski definition) is 4. The van der Waals surface area contributed by atoms with Crippen LogP contribution in [-0.4, -0.2) is 43.3 Å². The Morgan fingerprint density at radius 2 is 2.19 bits per heavy atom. The summed E-state index contributed by atoms with van der Waals surface area (Å²) in [5, 5.41) is 9.29. The van der Waals surface area contributed by atoms with E-state index in [1.807, 2.05) is 0 Å². The molecule has 0 spiro atoms. The largest absolute Gasteiger partial charge is 0.481 e.